The first-order valence-corrected chi connectivity index (χ1v) is 8.29. The van der Waals surface area contributed by atoms with E-state index in [0.717, 1.165) is 25.7 Å². The lowest BCUT2D eigenvalue weighted by molar-refractivity contribution is 0.364. The van der Waals surface area contributed by atoms with Crippen LogP contribution < -0.4 is 5.73 Å². The Hall–Kier alpha value is -0.920. The van der Waals surface area contributed by atoms with Gasteiger partial charge in [0.25, 0.3) is 10.0 Å². The average molecular weight is 286 g/mol. The Morgan fingerprint density at radius 3 is 3.00 bits per heavy atom. The number of aryl methyl sites for hydroxylation is 1. The van der Waals surface area contributed by atoms with E-state index in [2.05, 4.69) is 9.97 Å². The van der Waals surface area contributed by atoms with E-state index in [0.29, 0.717) is 25.3 Å². The van der Waals surface area contributed by atoms with Crippen LogP contribution in [-0.2, 0) is 16.4 Å². The molecule has 2 heterocycles. The van der Waals surface area contributed by atoms with E-state index >= 15 is 0 Å². The summed E-state index contributed by atoms with van der Waals surface area (Å²) in [5.74, 6) is 0.705. The lowest BCUT2D eigenvalue weighted by atomic mass is 10.1. The number of aromatic amines is 1. The molecule has 1 aromatic rings. The van der Waals surface area contributed by atoms with Crippen LogP contribution in [0.1, 0.15) is 38.4 Å². The highest BCUT2D eigenvalue weighted by molar-refractivity contribution is 7.89. The number of hydrogen-bond acceptors (Lipinski definition) is 4. The van der Waals surface area contributed by atoms with Crippen molar-refractivity contribution in [3.8, 4) is 0 Å². The van der Waals surface area contributed by atoms with Gasteiger partial charge in [-0.05, 0) is 32.2 Å². The average Bonchev–Trinajstić information content (AvgIpc) is 3.05. The van der Waals surface area contributed by atoms with Gasteiger partial charge in [0, 0.05) is 19.0 Å². The van der Waals surface area contributed by atoms with Crippen LogP contribution >= 0.6 is 0 Å². The molecule has 6 nitrogen and oxygen atoms in total. The molecule has 0 bridgehead atoms. The predicted molar refractivity (Wildman–Crippen MR) is 73.2 cm³/mol. The van der Waals surface area contributed by atoms with Crippen molar-refractivity contribution in [2.45, 2.75) is 50.1 Å². The van der Waals surface area contributed by atoms with Gasteiger partial charge in [-0.25, -0.2) is 13.4 Å². The number of aromatic nitrogens is 2. The minimum Gasteiger partial charge on any atom is -0.332 e. The summed E-state index contributed by atoms with van der Waals surface area (Å²) < 4.78 is 26.7. The second kappa shape index (κ2) is 6.02. The molecule has 2 rings (SSSR count). The summed E-state index contributed by atoms with van der Waals surface area (Å²) in [5.41, 5.74) is 5.51. The van der Waals surface area contributed by atoms with Crippen LogP contribution in [0.5, 0.6) is 0 Å². The maximum Gasteiger partial charge on any atom is 0.260 e. The van der Waals surface area contributed by atoms with E-state index in [1.807, 2.05) is 6.92 Å². The summed E-state index contributed by atoms with van der Waals surface area (Å²) >= 11 is 0. The van der Waals surface area contributed by atoms with Crippen molar-refractivity contribution < 1.29 is 8.42 Å². The van der Waals surface area contributed by atoms with Gasteiger partial charge in [0.1, 0.15) is 5.82 Å². The highest BCUT2D eigenvalue weighted by Gasteiger charge is 2.35. The summed E-state index contributed by atoms with van der Waals surface area (Å²) in [6, 6.07) is 0.0851. The lowest BCUT2D eigenvalue weighted by Crippen LogP contribution is -2.36. The zero-order valence-corrected chi connectivity index (χ0v) is 12.1. The van der Waals surface area contributed by atoms with E-state index in [9.17, 15) is 8.42 Å². The maximum absolute atomic E-state index is 12.6. The van der Waals surface area contributed by atoms with Gasteiger partial charge in [0.2, 0.25) is 0 Å². The highest BCUT2D eigenvalue weighted by Crippen LogP contribution is 2.27. The zero-order chi connectivity index (χ0) is 13.9. The number of hydrogen-bond donors (Lipinski definition) is 2. The Balaban J connectivity index is 2.18. The van der Waals surface area contributed by atoms with Crippen LogP contribution in [0.3, 0.4) is 0 Å². The molecule has 1 aliphatic rings. The fourth-order valence-corrected chi connectivity index (χ4v) is 4.21. The first kappa shape index (κ1) is 14.5. The molecule has 1 aromatic heterocycles. The van der Waals surface area contributed by atoms with Crippen molar-refractivity contribution in [3.63, 3.8) is 0 Å². The zero-order valence-electron chi connectivity index (χ0n) is 11.3. The molecule has 1 aliphatic heterocycles. The van der Waals surface area contributed by atoms with Gasteiger partial charge in [-0.2, -0.15) is 4.31 Å². The van der Waals surface area contributed by atoms with Crippen LogP contribution in [-0.4, -0.2) is 41.8 Å². The molecule has 0 radical (unpaired) electrons. The lowest BCUT2D eigenvalue weighted by Gasteiger charge is -2.23. The van der Waals surface area contributed by atoms with Crippen molar-refractivity contribution in [3.05, 3.63) is 12.0 Å². The van der Waals surface area contributed by atoms with Crippen molar-refractivity contribution in [2.24, 2.45) is 5.73 Å². The van der Waals surface area contributed by atoms with Crippen LogP contribution in [0.25, 0.3) is 0 Å². The number of rotatable bonds is 6. The van der Waals surface area contributed by atoms with Crippen LogP contribution in [0.2, 0.25) is 0 Å². The van der Waals surface area contributed by atoms with Gasteiger partial charge in [-0.1, -0.05) is 6.92 Å². The SMILES string of the molecule is CCc1ncc(S(=O)(=O)N2CCCC2CCCN)[nH]1. The van der Waals surface area contributed by atoms with Crippen LogP contribution in [0, 0.1) is 0 Å². The highest BCUT2D eigenvalue weighted by atomic mass is 32.2. The Labute approximate surface area is 114 Å². The van der Waals surface area contributed by atoms with Crippen molar-refractivity contribution in [1.29, 1.82) is 0 Å². The van der Waals surface area contributed by atoms with E-state index < -0.39 is 10.0 Å². The van der Waals surface area contributed by atoms with Gasteiger partial charge in [0.05, 0.1) is 6.20 Å². The molecule has 1 saturated heterocycles. The minimum absolute atomic E-state index is 0.0851. The van der Waals surface area contributed by atoms with E-state index in [-0.39, 0.29) is 11.1 Å². The van der Waals surface area contributed by atoms with Gasteiger partial charge in [0.15, 0.2) is 5.03 Å². The maximum atomic E-state index is 12.6. The first-order valence-electron chi connectivity index (χ1n) is 6.85. The molecule has 0 amide bonds. The van der Waals surface area contributed by atoms with Gasteiger partial charge in [-0.3, -0.25) is 0 Å². The summed E-state index contributed by atoms with van der Waals surface area (Å²) in [6.45, 7) is 3.14. The molecular formula is C12H22N4O2S. The molecule has 3 N–H and O–H groups in total. The quantitative estimate of drug-likeness (QED) is 0.811. The number of H-pyrrole nitrogens is 1. The summed E-state index contributed by atoms with van der Waals surface area (Å²) in [6.07, 6.45) is 5.67. The molecule has 0 spiro atoms. The smallest absolute Gasteiger partial charge is 0.260 e. The molecule has 0 saturated carbocycles. The van der Waals surface area contributed by atoms with Crippen molar-refractivity contribution in [1.82, 2.24) is 14.3 Å². The van der Waals surface area contributed by atoms with E-state index in [4.69, 9.17) is 5.73 Å². The number of nitrogens with two attached hydrogens (primary N) is 1. The third kappa shape index (κ3) is 2.98. The van der Waals surface area contributed by atoms with Gasteiger partial charge in [-0.15, -0.1) is 0 Å². The molecule has 7 heteroatoms. The first-order chi connectivity index (χ1) is 9.09. The second-order valence-corrected chi connectivity index (χ2v) is 6.75. The van der Waals surface area contributed by atoms with Crippen LogP contribution in [0.15, 0.2) is 11.2 Å². The fraction of sp³-hybridized carbons (Fsp3) is 0.750. The Bertz CT molecular complexity index is 512. The summed E-state index contributed by atoms with van der Waals surface area (Å²) in [4.78, 5) is 6.97. The largest absolute Gasteiger partial charge is 0.332 e. The van der Waals surface area contributed by atoms with E-state index in [1.54, 1.807) is 4.31 Å². The monoisotopic (exact) mass is 286 g/mol. The number of imidazole rings is 1. The standard InChI is InChI=1S/C12H22N4O2S/c1-2-11-14-9-12(15-11)19(17,18)16-8-4-6-10(16)5-3-7-13/h9-10H,2-8,13H2,1H3,(H,14,15). The molecule has 1 atom stereocenters. The van der Waals surface area contributed by atoms with Gasteiger partial charge < -0.3 is 10.7 Å². The van der Waals surface area contributed by atoms with Gasteiger partial charge >= 0.3 is 0 Å². The number of sulfonamides is 1. The normalized spacial score (nSPS) is 21.1. The van der Waals surface area contributed by atoms with Crippen molar-refractivity contribution in [2.75, 3.05) is 13.1 Å². The number of nitrogens with one attached hydrogen (secondary N) is 1. The summed E-state index contributed by atoms with van der Waals surface area (Å²) in [7, 11) is -3.43. The molecule has 1 unspecified atom stereocenters. The Kier molecular flexibility index (Phi) is 4.59. The second-order valence-electron chi connectivity index (χ2n) is 4.89. The molecule has 0 aliphatic carbocycles. The minimum atomic E-state index is -3.43. The topological polar surface area (TPSA) is 92.1 Å². The van der Waals surface area contributed by atoms with Crippen molar-refractivity contribution >= 4 is 10.0 Å². The molecule has 19 heavy (non-hydrogen) atoms. The molecule has 0 aromatic carbocycles. The molecule has 1 fully saturated rings. The number of nitrogens with zero attached hydrogens (tertiary/aromatic N) is 2. The van der Waals surface area contributed by atoms with E-state index in [1.165, 1.54) is 6.20 Å². The molecule has 108 valence electrons. The Morgan fingerprint density at radius 1 is 1.58 bits per heavy atom. The Morgan fingerprint density at radius 2 is 2.37 bits per heavy atom. The third-order valence-electron chi connectivity index (χ3n) is 3.59. The predicted octanol–water partition coefficient (Wildman–Crippen LogP) is 0.864. The van der Waals surface area contributed by atoms with Crippen LogP contribution in [0.4, 0.5) is 0 Å². The fourth-order valence-electron chi connectivity index (χ4n) is 2.55. The molecular weight excluding hydrogens is 264 g/mol. The third-order valence-corrected chi connectivity index (χ3v) is 5.45. The summed E-state index contributed by atoms with van der Waals surface area (Å²) in [5, 5.41) is 0.212.